The summed E-state index contributed by atoms with van der Waals surface area (Å²) in [6, 6.07) is 8.71. The number of carbonyl (C=O) groups is 2. The van der Waals surface area contributed by atoms with Crippen molar-refractivity contribution in [3.05, 3.63) is 29.8 Å². The van der Waals surface area contributed by atoms with E-state index in [9.17, 15) is 9.59 Å². The quantitative estimate of drug-likeness (QED) is 0.425. The van der Waals surface area contributed by atoms with E-state index in [-0.39, 0.29) is 6.54 Å². The molecule has 0 saturated heterocycles. The van der Waals surface area contributed by atoms with Gasteiger partial charge in [-0.3, -0.25) is 9.59 Å². The summed E-state index contributed by atoms with van der Waals surface area (Å²) in [6.07, 6.45) is 1.02. The molecule has 0 aliphatic heterocycles. The molecule has 0 spiro atoms. The maximum absolute atomic E-state index is 12.3. The summed E-state index contributed by atoms with van der Waals surface area (Å²) in [5.74, 6) is -2.43. The zero-order valence-electron chi connectivity index (χ0n) is 13.8. The largest absolute Gasteiger partial charge is 0.383 e. The summed E-state index contributed by atoms with van der Waals surface area (Å²) in [5.41, 5.74) is 1.34. The summed E-state index contributed by atoms with van der Waals surface area (Å²) < 4.78 is 4.82. The first-order chi connectivity index (χ1) is 11.0. The lowest BCUT2D eigenvalue weighted by Crippen LogP contribution is -2.36. The molecule has 1 amide bonds. The number of hydrogen-bond acceptors (Lipinski definition) is 5. The molecule has 0 aromatic heterocycles. The van der Waals surface area contributed by atoms with Crippen LogP contribution in [-0.2, 0) is 9.53 Å². The minimum absolute atomic E-state index is 0.265. The fourth-order valence-corrected chi connectivity index (χ4v) is 2.13. The minimum Gasteiger partial charge on any atom is -0.383 e. The highest BCUT2D eigenvalue weighted by molar-refractivity contribution is 6.12. The molecular weight excluding hydrogens is 294 g/mol. The van der Waals surface area contributed by atoms with Gasteiger partial charge >= 0.3 is 0 Å². The molecule has 0 fully saturated rings. The van der Waals surface area contributed by atoms with E-state index in [1.807, 2.05) is 19.2 Å². The van der Waals surface area contributed by atoms with Gasteiger partial charge in [0.2, 0.25) is 5.91 Å². The highest BCUT2D eigenvalue weighted by Gasteiger charge is 2.27. The van der Waals surface area contributed by atoms with Crippen molar-refractivity contribution in [1.29, 1.82) is 5.26 Å². The molecule has 124 valence electrons. The average Bonchev–Trinajstić information content (AvgIpc) is 2.56. The number of ketones is 1. The SMILES string of the molecule is CCCN(C)c1ccc(C(=O)[C@H](C#N)C(=O)NCCOC)cc1. The van der Waals surface area contributed by atoms with Crippen molar-refractivity contribution < 1.29 is 14.3 Å². The highest BCUT2D eigenvalue weighted by atomic mass is 16.5. The molecule has 1 rings (SSSR count). The zero-order chi connectivity index (χ0) is 17.2. The average molecular weight is 317 g/mol. The van der Waals surface area contributed by atoms with Gasteiger partial charge in [0, 0.05) is 38.5 Å². The molecule has 0 saturated carbocycles. The van der Waals surface area contributed by atoms with Gasteiger partial charge in [-0.15, -0.1) is 0 Å². The second-order valence-corrected chi connectivity index (χ2v) is 5.18. The molecule has 23 heavy (non-hydrogen) atoms. The molecule has 1 atom stereocenters. The molecule has 0 radical (unpaired) electrons. The molecule has 0 heterocycles. The van der Waals surface area contributed by atoms with E-state index < -0.39 is 17.6 Å². The minimum atomic E-state index is -1.34. The summed E-state index contributed by atoms with van der Waals surface area (Å²) in [4.78, 5) is 26.3. The van der Waals surface area contributed by atoms with Crippen LogP contribution >= 0.6 is 0 Å². The zero-order valence-corrected chi connectivity index (χ0v) is 13.8. The van der Waals surface area contributed by atoms with Gasteiger partial charge in [-0.05, 0) is 30.7 Å². The van der Waals surface area contributed by atoms with Gasteiger partial charge in [0.1, 0.15) is 0 Å². The fourth-order valence-electron chi connectivity index (χ4n) is 2.13. The molecule has 6 nitrogen and oxygen atoms in total. The summed E-state index contributed by atoms with van der Waals surface area (Å²) in [7, 11) is 3.48. The van der Waals surface area contributed by atoms with Gasteiger partial charge in [0.15, 0.2) is 11.7 Å². The van der Waals surface area contributed by atoms with E-state index in [0.717, 1.165) is 18.7 Å². The first-order valence-electron chi connectivity index (χ1n) is 7.56. The second-order valence-electron chi connectivity index (χ2n) is 5.18. The van der Waals surface area contributed by atoms with Crippen molar-refractivity contribution >= 4 is 17.4 Å². The van der Waals surface area contributed by atoms with E-state index in [4.69, 9.17) is 10.00 Å². The van der Waals surface area contributed by atoms with Crippen LogP contribution in [0, 0.1) is 17.2 Å². The van der Waals surface area contributed by atoms with Gasteiger partial charge in [-0.25, -0.2) is 0 Å². The van der Waals surface area contributed by atoms with Crippen molar-refractivity contribution in [2.24, 2.45) is 5.92 Å². The Balaban J connectivity index is 2.78. The lowest BCUT2D eigenvalue weighted by molar-refractivity contribution is -0.122. The van der Waals surface area contributed by atoms with Gasteiger partial charge in [0.05, 0.1) is 12.7 Å². The monoisotopic (exact) mass is 317 g/mol. The third-order valence-corrected chi connectivity index (χ3v) is 3.41. The highest BCUT2D eigenvalue weighted by Crippen LogP contribution is 2.16. The number of amides is 1. The maximum Gasteiger partial charge on any atom is 0.245 e. The van der Waals surface area contributed by atoms with Crippen LogP contribution in [-0.4, -0.2) is 45.5 Å². The van der Waals surface area contributed by atoms with Gasteiger partial charge < -0.3 is 15.0 Å². The predicted octanol–water partition coefficient (Wildman–Crippen LogP) is 1.62. The number of rotatable bonds is 9. The van der Waals surface area contributed by atoms with Crippen LogP contribution in [0.25, 0.3) is 0 Å². The third kappa shape index (κ3) is 5.38. The van der Waals surface area contributed by atoms with E-state index in [1.54, 1.807) is 18.2 Å². The van der Waals surface area contributed by atoms with Crippen molar-refractivity contribution in [3.8, 4) is 6.07 Å². The normalized spacial score (nSPS) is 11.4. The molecule has 0 aliphatic rings. The summed E-state index contributed by atoms with van der Waals surface area (Å²) in [6.45, 7) is 3.60. The van der Waals surface area contributed by atoms with Gasteiger partial charge in [-0.2, -0.15) is 5.26 Å². The Morgan fingerprint density at radius 1 is 1.35 bits per heavy atom. The van der Waals surface area contributed by atoms with Crippen molar-refractivity contribution in [3.63, 3.8) is 0 Å². The van der Waals surface area contributed by atoms with Crippen molar-refractivity contribution in [1.82, 2.24) is 5.32 Å². The number of nitriles is 1. The number of benzene rings is 1. The molecule has 1 aromatic carbocycles. The van der Waals surface area contributed by atoms with Gasteiger partial charge in [-0.1, -0.05) is 6.92 Å². The molecular formula is C17H23N3O3. The number of nitrogens with one attached hydrogen (secondary N) is 1. The first-order valence-corrected chi connectivity index (χ1v) is 7.56. The second kappa shape index (κ2) is 9.59. The van der Waals surface area contributed by atoms with E-state index in [1.165, 1.54) is 7.11 Å². The van der Waals surface area contributed by atoms with Crippen molar-refractivity contribution in [2.45, 2.75) is 13.3 Å². The van der Waals surface area contributed by atoms with Gasteiger partial charge in [0.25, 0.3) is 0 Å². The van der Waals surface area contributed by atoms with Crippen LogP contribution < -0.4 is 10.2 Å². The fraction of sp³-hybridized carbons (Fsp3) is 0.471. The van der Waals surface area contributed by atoms with Crippen LogP contribution in [0.2, 0.25) is 0 Å². The number of methoxy groups -OCH3 is 1. The Hall–Kier alpha value is -2.39. The molecule has 0 unspecified atom stereocenters. The molecule has 1 aromatic rings. The summed E-state index contributed by atoms with van der Waals surface area (Å²) in [5, 5.41) is 11.6. The maximum atomic E-state index is 12.3. The number of hydrogen-bond donors (Lipinski definition) is 1. The van der Waals surface area contributed by atoms with Crippen LogP contribution in [0.3, 0.4) is 0 Å². The lowest BCUT2D eigenvalue weighted by Gasteiger charge is -2.18. The Morgan fingerprint density at radius 3 is 2.52 bits per heavy atom. The van der Waals surface area contributed by atoms with Crippen LogP contribution in [0.1, 0.15) is 23.7 Å². The molecule has 0 aliphatic carbocycles. The Morgan fingerprint density at radius 2 is 2.00 bits per heavy atom. The van der Waals surface area contributed by atoms with Crippen LogP contribution in [0.15, 0.2) is 24.3 Å². The van der Waals surface area contributed by atoms with E-state index in [2.05, 4.69) is 17.1 Å². The standard InChI is InChI=1S/C17H23N3O3/c1-4-10-20(2)14-7-5-13(6-8-14)16(21)15(12-18)17(22)19-9-11-23-3/h5-8,15H,4,9-11H2,1-3H3,(H,19,22)/t15-/m0/s1. The van der Waals surface area contributed by atoms with E-state index in [0.29, 0.717) is 12.2 Å². The Kier molecular flexibility index (Phi) is 7.78. The lowest BCUT2D eigenvalue weighted by atomic mass is 9.97. The van der Waals surface area contributed by atoms with E-state index >= 15 is 0 Å². The van der Waals surface area contributed by atoms with Crippen LogP contribution in [0.4, 0.5) is 5.69 Å². The Bertz CT molecular complexity index is 563. The number of ether oxygens (including phenoxy) is 1. The Labute approximate surface area is 137 Å². The number of nitrogens with zero attached hydrogens (tertiary/aromatic N) is 2. The van der Waals surface area contributed by atoms with Crippen LogP contribution in [0.5, 0.6) is 0 Å². The third-order valence-electron chi connectivity index (χ3n) is 3.41. The number of carbonyl (C=O) groups excluding carboxylic acids is 2. The molecule has 1 N–H and O–H groups in total. The topological polar surface area (TPSA) is 82.4 Å². The smallest absolute Gasteiger partial charge is 0.245 e. The van der Waals surface area contributed by atoms with Crippen molar-refractivity contribution in [2.75, 3.05) is 38.8 Å². The molecule has 0 bridgehead atoms. The number of Topliss-reactive ketones (excluding diaryl/α,β-unsaturated/α-hetero) is 1. The number of anilines is 1. The molecule has 6 heteroatoms. The first kappa shape index (κ1) is 18.7. The predicted molar refractivity (Wildman–Crippen MR) is 88.3 cm³/mol. The summed E-state index contributed by atoms with van der Waals surface area (Å²) >= 11 is 0.